The fourth-order valence-electron chi connectivity index (χ4n) is 2.72. The standard InChI is InChI=1S/C22H32N4O3/c1-16(2)8-7-13-24-22(23-3)26-15-17-11-12-20(25-14-17)29-21-18(27-4)9-6-10-19(21)28-5/h6,9-12,14,16H,7-8,13,15H2,1-5H3,(H2,23,24,26). The normalized spacial score (nSPS) is 11.3. The summed E-state index contributed by atoms with van der Waals surface area (Å²) >= 11 is 0. The molecule has 0 saturated heterocycles. The maximum Gasteiger partial charge on any atom is 0.219 e. The zero-order valence-electron chi connectivity index (χ0n) is 18.0. The molecule has 0 saturated carbocycles. The van der Waals surface area contributed by atoms with E-state index in [9.17, 15) is 0 Å². The van der Waals surface area contributed by atoms with Crippen molar-refractivity contribution in [1.82, 2.24) is 15.6 Å². The molecule has 0 aliphatic rings. The van der Waals surface area contributed by atoms with Crippen LogP contribution in [0, 0.1) is 5.92 Å². The maximum absolute atomic E-state index is 5.89. The summed E-state index contributed by atoms with van der Waals surface area (Å²) in [4.78, 5) is 8.64. The highest BCUT2D eigenvalue weighted by Gasteiger charge is 2.13. The minimum Gasteiger partial charge on any atom is -0.493 e. The number of nitrogens with zero attached hydrogens (tertiary/aromatic N) is 2. The molecule has 0 unspecified atom stereocenters. The molecule has 0 spiro atoms. The summed E-state index contributed by atoms with van der Waals surface area (Å²) in [5.41, 5.74) is 1.02. The number of para-hydroxylation sites is 1. The first-order valence-electron chi connectivity index (χ1n) is 9.85. The highest BCUT2D eigenvalue weighted by atomic mass is 16.5. The Hall–Kier alpha value is -2.96. The molecule has 1 aromatic carbocycles. The summed E-state index contributed by atoms with van der Waals surface area (Å²) in [6, 6.07) is 9.26. The van der Waals surface area contributed by atoms with E-state index in [1.165, 1.54) is 6.42 Å². The van der Waals surface area contributed by atoms with Gasteiger partial charge in [0.1, 0.15) is 0 Å². The third kappa shape index (κ3) is 7.18. The van der Waals surface area contributed by atoms with Crippen molar-refractivity contribution in [3.63, 3.8) is 0 Å². The van der Waals surface area contributed by atoms with Crippen LogP contribution in [0.5, 0.6) is 23.1 Å². The highest BCUT2D eigenvalue weighted by Crippen LogP contribution is 2.39. The van der Waals surface area contributed by atoms with E-state index in [0.717, 1.165) is 30.4 Å². The summed E-state index contributed by atoms with van der Waals surface area (Å²) in [5, 5.41) is 6.63. The van der Waals surface area contributed by atoms with Gasteiger partial charge in [-0.2, -0.15) is 0 Å². The number of pyridine rings is 1. The van der Waals surface area contributed by atoms with Crippen molar-refractivity contribution in [3.05, 3.63) is 42.1 Å². The molecule has 0 atom stereocenters. The lowest BCUT2D eigenvalue weighted by Crippen LogP contribution is -2.37. The van der Waals surface area contributed by atoms with Crippen molar-refractivity contribution < 1.29 is 14.2 Å². The molecule has 2 N–H and O–H groups in total. The molecule has 0 fully saturated rings. The Bertz CT molecular complexity index is 754. The average Bonchev–Trinajstić information content (AvgIpc) is 2.74. The summed E-state index contributed by atoms with van der Waals surface area (Å²) in [6.07, 6.45) is 4.10. The molecule has 0 radical (unpaired) electrons. The maximum atomic E-state index is 5.89. The van der Waals surface area contributed by atoms with E-state index >= 15 is 0 Å². The van der Waals surface area contributed by atoms with Crippen LogP contribution < -0.4 is 24.8 Å². The van der Waals surface area contributed by atoms with Gasteiger partial charge in [0.25, 0.3) is 0 Å². The number of aliphatic imine (C=N–C) groups is 1. The molecule has 1 heterocycles. The second-order valence-corrected chi connectivity index (χ2v) is 6.99. The van der Waals surface area contributed by atoms with E-state index in [1.807, 2.05) is 30.3 Å². The molecule has 7 nitrogen and oxygen atoms in total. The Labute approximate surface area is 173 Å². The molecule has 1 aromatic heterocycles. The molecule has 29 heavy (non-hydrogen) atoms. The van der Waals surface area contributed by atoms with Crippen molar-refractivity contribution in [2.75, 3.05) is 27.8 Å². The first-order chi connectivity index (χ1) is 14.1. The van der Waals surface area contributed by atoms with Crippen molar-refractivity contribution in [1.29, 1.82) is 0 Å². The number of hydrogen-bond acceptors (Lipinski definition) is 5. The quantitative estimate of drug-likeness (QED) is 0.357. The Morgan fingerprint density at radius 3 is 2.34 bits per heavy atom. The van der Waals surface area contributed by atoms with E-state index in [4.69, 9.17) is 14.2 Å². The van der Waals surface area contributed by atoms with Crippen molar-refractivity contribution in [2.45, 2.75) is 33.2 Å². The lowest BCUT2D eigenvalue weighted by molar-refractivity contribution is 0.342. The van der Waals surface area contributed by atoms with Crippen molar-refractivity contribution in [3.8, 4) is 23.1 Å². The second-order valence-electron chi connectivity index (χ2n) is 6.99. The number of hydrogen-bond donors (Lipinski definition) is 2. The summed E-state index contributed by atoms with van der Waals surface area (Å²) in [5.74, 6) is 3.64. The monoisotopic (exact) mass is 400 g/mol. The van der Waals surface area contributed by atoms with E-state index in [2.05, 4.69) is 34.5 Å². The van der Waals surface area contributed by atoms with Crippen LogP contribution in [0.4, 0.5) is 0 Å². The molecule has 2 aromatic rings. The SMILES string of the molecule is CN=C(NCCCC(C)C)NCc1ccc(Oc2c(OC)cccc2OC)nc1. The fraction of sp³-hybridized carbons (Fsp3) is 0.455. The highest BCUT2D eigenvalue weighted by molar-refractivity contribution is 5.79. The smallest absolute Gasteiger partial charge is 0.219 e. The largest absolute Gasteiger partial charge is 0.493 e. The second kappa shape index (κ2) is 11.8. The predicted molar refractivity (Wildman–Crippen MR) is 116 cm³/mol. The third-order valence-electron chi connectivity index (χ3n) is 4.32. The Morgan fingerprint density at radius 2 is 1.79 bits per heavy atom. The number of benzene rings is 1. The molecular weight excluding hydrogens is 368 g/mol. The van der Waals surface area contributed by atoms with Crippen LogP contribution in [0.15, 0.2) is 41.5 Å². The minimum absolute atomic E-state index is 0.466. The molecule has 0 aliphatic heterocycles. The first-order valence-corrected chi connectivity index (χ1v) is 9.85. The molecule has 0 aliphatic carbocycles. The zero-order chi connectivity index (χ0) is 21.1. The van der Waals surface area contributed by atoms with Gasteiger partial charge in [0.2, 0.25) is 11.6 Å². The van der Waals surface area contributed by atoms with Gasteiger partial charge in [-0.1, -0.05) is 26.0 Å². The third-order valence-corrected chi connectivity index (χ3v) is 4.32. The van der Waals surface area contributed by atoms with Gasteiger partial charge in [-0.05, 0) is 36.5 Å². The molecule has 158 valence electrons. The fourth-order valence-corrected chi connectivity index (χ4v) is 2.72. The molecule has 0 amide bonds. The van der Waals surface area contributed by atoms with Gasteiger partial charge >= 0.3 is 0 Å². The first kappa shape index (κ1) is 22.3. The number of nitrogens with one attached hydrogen (secondary N) is 2. The minimum atomic E-state index is 0.466. The Balaban J connectivity index is 1.91. The van der Waals surface area contributed by atoms with Crippen molar-refractivity contribution >= 4 is 5.96 Å². The van der Waals surface area contributed by atoms with E-state index in [-0.39, 0.29) is 0 Å². The lowest BCUT2D eigenvalue weighted by atomic mass is 10.1. The van der Waals surface area contributed by atoms with E-state index < -0.39 is 0 Å². The van der Waals surface area contributed by atoms with Gasteiger partial charge in [0, 0.05) is 32.4 Å². The van der Waals surface area contributed by atoms with Crippen LogP contribution in [-0.4, -0.2) is 38.8 Å². The van der Waals surface area contributed by atoms with Gasteiger partial charge in [0.15, 0.2) is 17.5 Å². The summed E-state index contributed by atoms with van der Waals surface area (Å²) in [7, 11) is 4.95. The number of methoxy groups -OCH3 is 2. The van der Waals surface area contributed by atoms with Gasteiger partial charge in [-0.25, -0.2) is 4.98 Å². The van der Waals surface area contributed by atoms with Gasteiger partial charge < -0.3 is 24.8 Å². The van der Waals surface area contributed by atoms with Crippen LogP contribution >= 0.6 is 0 Å². The van der Waals surface area contributed by atoms with Gasteiger partial charge in [-0.15, -0.1) is 0 Å². The molecular formula is C22H32N4O3. The summed E-state index contributed by atoms with van der Waals surface area (Å²) in [6.45, 7) is 5.99. The zero-order valence-corrected chi connectivity index (χ0v) is 18.0. The van der Waals surface area contributed by atoms with E-state index in [0.29, 0.717) is 29.7 Å². The Kier molecular flexibility index (Phi) is 9.08. The number of rotatable bonds is 10. The van der Waals surface area contributed by atoms with Gasteiger partial charge in [0.05, 0.1) is 14.2 Å². The van der Waals surface area contributed by atoms with E-state index in [1.54, 1.807) is 27.5 Å². The average molecular weight is 401 g/mol. The molecule has 7 heteroatoms. The topological polar surface area (TPSA) is 77.0 Å². The van der Waals surface area contributed by atoms with Crippen LogP contribution in [0.1, 0.15) is 32.3 Å². The number of aromatic nitrogens is 1. The number of ether oxygens (including phenoxy) is 3. The van der Waals surface area contributed by atoms with Crippen molar-refractivity contribution in [2.24, 2.45) is 10.9 Å². The van der Waals surface area contributed by atoms with Crippen LogP contribution in [0.2, 0.25) is 0 Å². The van der Waals surface area contributed by atoms with Crippen LogP contribution in [-0.2, 0) is 6.54 Å². The predicted octanol–water partition coefficient (Wildman–Crippen LogP) is 3.99. The number of guanidine groups is 1. The summed E-state index contributed by atoms with van der Waals surface area (Å²) < 4.78 is 16.6. The van der Waals surface area contributed by atoms with Crippen LogP contribution in [0.3, 0.4) is 0 Å². The Morgan fingerprint density at radius 1 is 1.07 bits per heavy atom. The lowest BCUT2D eigenvalue weighted by Gasteiger charge is -2.14. The molecule has 0 bridgehead atoms. The van der Waals surface area contributed by atoms with Crippen LogP contribution in [0.25, 0.3) is 0 Å². The molecule has 2 rings (SSSR count). The van der Waals surface area contributed by atoms with Gasteiger partial charge in [-0.3, -0.25) is 4.99 Å².